The molecule has 0 spiro atoms. The Balaban J connectivity index is 1.24. The Hall–Kier alpha value is -4.13. The third-order valence-electron chi connectivity index (χ3n) is 7.28. The third kappa shape index (κ3) is 3.71. The van der Waals surface area contributed by atoms with E-state index in [1.54, 1.807) is 42.3 Å². The molecule has 2 aliphatic heterocycles. The lowest BCUT2D eigenvalue weighted by atomic mass is 10.1. The fourth-order valence-electron chi connectivity index (χ4n) is 5.33. The minimum atomic E-state index is -0.401. The summed E-state index contributed by atoms with van der Waals surface area (Å²) in [4.78, 5) is 42.3. The molecule has 6 rings (SSSR count). The van der Waals surface area contributed by atoms with E-state index in [-0.39, 0.29) is 24.5 Å². The van der Waals surface area contributed by atoms with Gasteiger partial charge in [-0.25, -0.2) is 0 Å². The van der Waals surface area contributed by atoms with Crippen molar-refractivity contribution >= 4 is 23.4 Å². The van der Waals surface area contributed by atoms with Crippen LogP contribution in [0.25, 0.3) is 0 Å². The minimum absolute atomic E-state index is 0.161. The average Bonchev–Trinajstić information content (AvgIpc) is 3.62. The molecule has 1 aliphatic carbocycles. The molecule has 1 fully saturated rings. The van der Waals surface area contributed by atoms with Crippen LogP contribution in [-0.4, -0.2) is 35.8 Å². The van der Waals surface area contributed by atoms with E-state index in [4.69, 9.17) is 9.47 Å². The number of hydrogen-bond donors (Lipinski definition) is 0. The molecule has 0 unspecified atom stereocenters. The summed E-state index contributed by atoms with van der Waals surface area (Å²) in [5, 5.41) is 0. The first-order valence-electron chi connectivity index (χ1n) is 12.3. The highest BCUT2D eigenvalue weighted by Crippen LogP contribution is 2.38. The van der Waals surface area contributed by atoms with Crippen molar-refractivity contribution in [3.63, 3.8) is 0 Å². The van der Waals surface area contributed by atoms with Crippen molar-refractivity contribution in [2.24, 2.45) is 0 Å². The number of imide groups is 1. The summed E-state index contributed by atoms with van der Waals surface area (Å²) in [7, 11) is 1.61. The Bertz CT molecular complexity index is 1390. The molecule has 0 N–H and O–H groups in total. The van der Waals surface area contributed by atoms with Crippen molar-refractivity contribution in [2.75, 3.05) is 12.0 Å². The van der Waals surface area contributed by atoms with E-state index in [0.717, 1.165) is 36.8 Å². The summed E-state index contributed by atoms with van der Waals surface area (Å²) in [6.45, 7) is 0.631. The molecule has 0 atom stereocenters. The number of methoxy groups -OCH3 is 1. The maximum Gasteiger partial charge on any atom is 0.261 e. The zero-order valence-corrected chi connectivity index (χ0v) is 20.0. The van der Waals surface area contributed by atoms with E-state index < -0.39 is 5.91 Å². The van der Waals surface area contributed by atoms with Crippen LogP contribution in [0.3, 0.4) is 0 Å². The molecule has 3 aromatic rings. The Kier molecular flexibility index (Phi) is 5.48. The molecule has 7 heteroatoms. The van der Waals surface area contributed by atoms with Crippen molar-refractivity contribution in [1.82, 2.24) is 4.90 Å². The molecule has 36 heavy (non-hydrogen) atoms. The Morgan fingerprint density at radius 2 is 1.61 bits per heavy atom. The minimum Gasteiger partial charge on any atom is -0.493 e. The van der Waals surface area contributed by atoms with E-state index >= 15 is 0 Å². The average molecular weight is 483 g/mol. The highest BCUT2D eigenvalue weighted by molar-refractivity contribution is 6.15. The van der Waals surface area contributed by atoms with Crippen LogP contribution in [-0.2, 0) is 13.1 Å². The fourth-order valence-corrected chi connectivity index (χ4v) is 5.33. The van der Waals surface area contributed by atoms with Gasteiger partial charge in [-0.3, -0.25) is 19.3 Å². The summed E-state index contributed by atoms with van der Waals surface area (Å²) in [6, 6.07) is 17.8. The van der Waals surface area contributed by atoms with Gasteiger partial charge < -0.3 is 14.4 Å². The van der Waals surface area contributed by atoms with Gasteiger partial charge >= 0.3 is 0 Å². The second-order valence-corrected chi connectivity index (χ2v) is 9.48. The number of carbonyl (C=O) groups excluding carboxylic acids is 3. The van der Waals surface area contributed by atoms with Crippen LogP contribution in [0.15, 0.2) is 60.7 Å². The summed E-state index contributed by atoms with van der Waals surface area (Å²) in [5.74, 6) is 0.374. The van der Waals surface area contributed by atoms with Crippen LogP contribution in [0, 0.1) is 0 Å². The van der Waals surface area contributed by atoms with Crippen LogP contribution in [0.5, 0.6) is 11.5 Å². The summed E-state index contributed by atoms with van der Waals surface area (Å²) in [5.41, 5.74) is 3.72. The summed E-state index contributed by atoms with van der Waals surface area (Å²) in [6.07, 6.45) is 4.51. The van der Waals surface area contributed by atoms with Crippen molar-refractivity contribution < 1.29 is 23.9 Å². The zero-order valence-electron chi connectivity index (χ0n) is 20.0. The Morgan fingerprint density at radius 3 is 2.39 bits per heavy atom. The van der Waals surface area contributed by atoms with Gasteiger partial charge in [-0.05, 0) is 67.1 Å². The molecule has 0 aromatic heterocycles. The van der Waals surface area contributed by atoms with E-state index in [0.29, 0.717) is 40.4 Å². The molecule has 0 radical (unpaired) electrons. The SMILES string of the molecule is COc1ccc(N2Cc3ccc(C(=O)N4Cc5ccccc5C4=O)cc3C2=O)cc1OC1CCCC1. The van der Waals surface area contributed by atoms with Gasteiger partial charge in [0.25, 0.3) is 17.7 Å². The number of carbonyl (C=O) groups is 3. The number of ether oxygens (including phenoxy) is 2. The van der Waals surface area contributed by atoms with Crippen molar-refractivity contribution in [2.45, 2.75) is 44.9 Å². The molecule has 3 aromatic carbocycles. The van der Waals surface area contributed by atoms with E-state index in [2.05, 4.69) is 0 Å². The van der Waals surface area contributed by atoms with E-state index in [1.165, 1.54) is 4.90 Å². The van der Waals surface area contributed by atoms with Gasteiger partial charge in [-0.15, -0.1) is 0 Å². The molecule has 7 nitrogen and oxygen atoms in total. The Labute approximate surface area is 209 Å². The van der Waals surface area contributed by atoms with Crippen LogP contribution < -0.4 is 14.4 Å². The Morgan fingerprint density at radius 1 is 0.833 bits per heavy atom. The molecule has 0 saturated heterocycles. The monoisotopic (exact) mass is 482 g/mol. The van der Waals surface area contributed by atoms with Gasteiger partial charge in [0.05, 0.1) is 26.3 Å². The first-order chi connectivity index (χ1) is 17.5. The van der Waals surface area contributed by atoms with Gasteiger partial charge in [0.15, 0.2) is 11.5 Å². The highest BCUT2D eigenvalue weighted by Gasteiger charge is 2.35. The van der Waals surface area contributed by atoms with Gasteiger partial charge in [-0.2, -0.15) is 0 Å². The fraction of sp³-hybridized carbons (Fsp3) is 0.276. The second-order valence-electron chi connectivity index (χ2n) is 9.48. The number of nitrogens with zero attached hydrogens (tertiary/aromatic N) is 2. The molecule has 1 saturated carbocycles. The highest BCUT2D eigenvalue weighted by atomic mass is 16.5. The third-order valence-corrected chi connectivity index (χ3v) is 7.28. The van der Waals surface area contributed by atoms with E-state index in [1.807, 2.05) is 30.3 Å². The first kappa shape index (κ1) is 22.3. The molecule has 2 heterocycles. The number of hydrogen-bond acceptors (Lipinski definition) is 5. The standard InChI is InChI=1S/C29H26N2O5/c1-35-25-13-12-21(15-26(25)36-22-7-3-4-8-22)30-16-20-11-10-18(14-24(20)29(30)34)27(32)31-17-19-6-2-5-9-23(19)28(31)33/h2,5-6,9-15,22H,3-4,7-8,16-17H2,1H3. The topological polar surface area (TPSA) is 76.2 Å². The van der Waals surface area contributed by atoms with Crippen LogP contribution in [0.2, 0.25) is 0 Å². The van der Waals surface area contributed by atoms with Crippen LogP contribution in [0.1, 0.15) is 67.9 Å². The predicted molar refractivity (Wildman–Crippen MR) is 133 cm³/mol. The van der Waals surface area contributed by atoms with Gasteiger partial charge in [0.2, 0.25) is 0 Å². The first-order valence-corrected chi connectivity index (χ1v) is 12.3. The second kappa shape index (κ2) is 8.82. The lowest BCUT2D eigenvalue weighted by Gasteiger charge is -2.20. The van der Waals surface area contributed by atoms with Gasteiger partial charge in [0, 0.05) is 28.4 Å². The number of rotatable bonds is 5. The molecular formula is C29H26N2O5. The molecular weight excluding hydrogens is 456 g/mol. The number of fused-ring (bicyclic) bond motifs is 2. The van der Waals surface area contributed by atoms with E-state index in [9.17, 15) is 14.4 Å². The number of anilines is 1. The molecule has 3 aliphatic rings. The summed E-state index contributed by atoms with van der Waals surface area (Å²) >= 11 is 0. The largest absolute Gasteiger partial charge is 0.493 e. The van der Waals surface area contributed by atoms with Crippen molar-refractivity contribution in [3.8, 4) is 11.5 Å². The number of amides is 3. The molecule has 0 bridgehead atoms. The van der Waals surface area contributed by atoms with Gasteiger partial charge in [-0.1, -0.05) is 24.3 Å². The normalized spacial score (nSPS) is 16.9. The van der Waals surface area contributed by atoms with Crippen molar-refractivity contribution in [3.05, 3.63) is 88.5 Å². The van der Waals surface area contributed by atoms with Crippen LogP contribution >= 0.6 is 0 Å². The zero-order chi connectivity index (χ0) is 24.8. The number of benzene rings is 3. The maximum atomic E-state index is 13.4. The predicted octanol–water partition coefficient (Wildman–Crippen LogP) is 4.97. The van der Waals surface area contributed by atoms with Gasteiger partial charge in [0.1, 0.15) is 0 Å². The lowest BCUT2D eigenvalue weighted by Crippen LogP contribution is -2.31. The van der Waals surface area contributed by atoms with Crippen molar-refractivity contribution in [1.29, 1.82) is 0 Å². The molecule has 3 amide bonds. The quantitative estimate of drug-likeness (QED) is 0.480. The van der Waals surface area contributed by atoms with Crippen LogP contribution in [0.4, 0.5) is 5.69 Å². The molecule has 182 valence electrons. The lowest BCUT2D eigenvalue weighted by molar-refractivity contribution is 0.0631. The maximum absolute atomic E-state index is 13.4. The summed E-state index contributed by atoms with van der Waals surface area (Å²) < 4.78 is 11.7. The smallest absolute Gasteiger partial charge is 0.261 e.